The summed E-state index contributed by atoms with van der Waals surface area (Å²) in [7, 11) is 0. The van der Waals surface area contributed by atoms with Crippen molar-refractivity contribution in [3.63, 3.8) is 0 Å². The van der Waals surface area contributed by atoms with Crippen molar-refractivity contribution in [1.82, 2.24) is 4.90 Å². The number of quaternary nitrogens is 1. The minimum atomic E-state index is -0.716. The van der Waals surface area contributed by atoms with Gasteiger partial charge in [-0.05, 0) is 45.4 Å². The number of carboxylic acid groups (broad SMARTS) is 1. The van der Waals surface area contributed by atoms with Gasteiger partial charge in [-0.2, -0.15) is 4.79 Å². The molecule has 1 heterocycles. The van der Waals surface area contributed by atoms with Crippen LogP contribution in [0, 0.1) is 0 Å². The van der Waals surface area contributed by atoms with Crippen molar-refractivity contribution in [1.29, 1.82) is 0 Å². The second kappa shape index (κ2) is 5.89. The number of benzene rings is 1. The highest BCUT2D eigenvalue weighted by atomic mass is 16.4. The summed E-state index contributed by atoms with van der Waals surface area (Å²) in [6.07, 6.45) is -0.716. The predicted molar refractivity (Wildman–Crippen MR) is 88.5 cm³/mol. The summed E-state index contributed by atoms with van der Waals surface area (Å²) in [5.41, 5.74) is 7.39. The van der Waals surface area contributed by atoms with E-state index in [-0.39, 0.29) is 16.1 Å². The van der Waals surface area contributed by atoms with E-state index < -0.39 is 6.09 Å². The van der Waals surface area contributed by atoms with E-state index in [2.05, 4.69) is 11.8 Å². The SMILES string of the molecule is C[C@@H]1CN(Cc2ccc(N)cc2)CC[N+]1(C(=O)O)C(C)(C)C. The lowest BCUT2D eigenvalue weighted by Gasteiger charge is -2.52. The maximum Gasteiger partial charge on any atom is 0.514 e. The summed E-state index contributed by atoms with van der Waals surface area (Å²) >= 11 is 0. The van der Waals surface area contributed by atoms with Crippen LogP contribution < -0.4 is 5.73 Å². The molecule has 0 bridgehead atoms. The van der Waals surface area contributed by atoms with Gasteiger partial charge in [0.1, 0.15) is 18.1 Å². The largest absolute Gasteiger partial charge is 0.514 e. The van der Waals surface area contributed by atoms with Crippen LogP contribution in [0.25, 0.3) is 0 Å². The molecule has 1 aromatic carbocycles. The fourth-order valence-corrected chi connectivity index (χ4v) is 3.72. The topological polar surface area (TPSA) is 66.6 Å². The van der Waals surface area contributed by atoms with Gasteiger partial charge >= 0.3 is 6.09 Å². The Hall–Kier alpha value is -1.59. The van der Waals surface area contributed by atoms with Gasteiger partial charge in [-0.15, -0.1) is 0 Å². The Labute approximate surface area is 132 Å². The maximum absolute atomic E-state index is 12.0. The van der Waals surface area contributed by atoms with Crippen LogP contribution in [-0.4, -0.2) is 51.8 Å². The van der Waals surface area contributed by atoms with Gasteiger partial charge in [-0.3, -0.25) is 4.90 Å². The van der Waals surface area contributed by atoms with Crippen LogP contribution >= 0.6 is 0 Å². The number of carbonyl (C=O) groups is 1. The lowest BCUT2D eigenvalue weighted by atomic mass is 9.95. The first-order chi connectivity index (χ1) is 10.2. The molecule has 1 unspecified atom stereocenters. The van der Waals surface area contributed by atoms with E-state index in [9.17, 15) is 9.90 Å². The average Bonchev–Trinajstić information content (AvgIpc) is 2.40. The van der Waals surface area contributed by atoms with Gasteiger partial charge in [0, 0.05) is 18.8 Å². The van der Waals surface area contributed by atoms with Crippen molar-refractivity contribution in [3.8, 4) is 0 Å². The Balaban J connectivity index is 2.12. The first kappa shape index (κ1) is 16.8. The van der Waals surface area contributed by atoms with Gasteiger partial charge in [0.2, 0.25) is 0 Å². The van der Waals surface area contributed by atoms with Crippen LogP contribution in [0.4, 0.5) is 10.5 Å². The molecule has 0 radical (unpaired) electrons. The van der Waals surface area contributed by atoms with Crippen LogP contribution in [0.1, 0.15) is 33.3 Å². The van der Waals surface area contributed by atoms with E-state index >= 15 is 0 Å². The molecular weight excluding hydrogens is 278 g/mol. The predicted octanol–water partition coefficient (Wildman–Crippen LogP) is 2.77. The van der Waals surface area contributed by atoms with Gasteiger partial charge in [0.15, 0.2) is 0 Å². The second-order valence-corrected chi connectivity index (χ2v) is 7.37. The third-order valence-corrected chi connectivity index (χ3v) is 4.97. The van der Waals surface area contributed by atoms with Gasteiger partial charge < -0.3 is 10.8 Å². The number of hydrogen-bond acceptors (Lipinski definition) is 3. The molecule has 1 saturated heterocycles. The Morgan fingerprint density at radius 1 is 1.36 bits per heavy atom. The zero-order chi connectivity index (χ0) is 16.5. The fraction of sp³-hybridized carbons (Fsp3) is 0.588. The molecule has 1 aliphatic heterocycles. The van der Waals surface area contributed by atoms with Crippen molar-refractivity contribution >= 4 is 11.8 Å². The summed E-state index contributed by atoms with van der Waals surface area (Å²) in [6, 6.07) is 7.96. The monoisotopic (exact) mass is 306 g/mol. The quantitative estimate of drug-likeness (QED) is 0.651. The summed E-state index contributed by atoms with van der Waals surface area (Å²) in [4.78, 5) is 14.3. The minimum Gasteiger partial charge on any atom is -0.435 e. The van der Waals surface area contributed by atoms with Crippen LogP contribution in [0.3, 0.4) is 0 Å². The highest BCUT2D eigenvalue weighted by Crippen LogP contribution is 2.32. The second-order valence-electron chi connectivity index (χ2n) is 7.37. The molecule has 22 heavy (non-hydrogen) atoms. The number of piperazine rings is 1. The lowest BCUT2D eigenvalue weighted by molar-refractivity contribution is -0.929. The number of nitrogen functional groups attached to an aromatic ring is 1. The van der Waals surface area contributed by atoms with Gasteiger partial charge in [0.05, 0.1) is 6.54 Å². The van der Waals surface area contributed by atoms with Gasteiger partial charge in [-0.1, -0.05) is 12.1 Å². The van der Waals surface area contributed by atoms with Crippen molar-refractivity contribution in [2.24, 2.45) is 0 Å². The number of nitrogens with zero attached hydrogens (tertiary/aromatic N) is 2. The molecule has 1 fully saturated rings. The molecule has 1 aliphatic rings. The lowest BCUT2D eigenvalue weighted by Crippen LogP contribution is -2.73. The molecule has 1 amide bonds. The van der Waals surface area contributed by atoms with Crippen LogP contribution in [-0.2, 0) is 6.54 Å². The number of anilines is 1. The van der Waals surface area contributed by atoms with E-state index in [1.807, 2.05) is 45.0 Å². The van der Waals surface area contributed by atoms with Crippen LogP contribution in [0.2, 0.25) is 0 Å². The van der Waals surface area contributed by atoms with E-state index in [1.165, 1.54) is 5.56 Å². The molecule has 5 heteroatoms. The molecule has 0 spiro atoms. The van der Waals surface area contributed by atoms with Crippen molar-refractivity contribution in [2.45, 2.75) is 45.8 Å². The summed E-state index contributed by atoms with van der Waals surface area (Å²) in [6.45, 7) is 11.2. The third kappa shape index (κ3) is 2.96. The minimum absolute atomic E-state index is 0.0556. The molecular formula is C17H28N3O2+. The van der Waals surface area contributed by atoms with E-state index in [4.69, 9.17) is 5.73 Å². The fourth-order valence-electron chi connectivity index (χ4n) is 3.72. The van der Waals surface area contributed by atoms with E-state index in [0.717, 1.165) is 25.3 Å². The Morgan fingerprint density at radius 3 is 2.41 bits per heavy atom. The smallest absolute Gasteiger partial charge is 0.435 e. The molecule has 0 saturated carbocycles. The standard InChI is InChI=1S/C17H27N3O2/c1-13-11-19(12-14-5-7-15(18)8-6-14)9-10-20(13,16(21)22)17(2,3)4/h5-8,13H,9-12,18H2,1-4H3/p+1/t13-,20?/m1/s1. The first-order valence-electron chi connectivity index (χ1n) is 7.85. The third-order valence-electron chi connectivity index (χ3n) is 4.97. The first-order valence-corrected chi connectivity index (χ1v) is 7.85. The van der Waals surface area contributed by atoms with Gasteiger partial charge in [0.25, 0.3) is 0 Å². The van der Waals surface area contributed by atoms with Gasteiger partial charge in [-0.25, -0.2) is 4.48 Å². The maximum atomic E-state index is 12.0. The summed E-state index contributed by atoms with van der Waals surface area (Å²) in [5, 5.41) is 9.84. The molecule has 3 N–H and O–H groups in total. The van der Waals surface area contributed by atoms with E-state index in [0.29, 0.717) is 6.54 Å². The molecule has 2 atom stereocenters. The molecule has 0 aliphatic carbocycles. The molecule has 5 nitrogen and oxygen atoms in total. The Morgan fingerprint density at radius 2 is 1.95 bits per heavy atom. The van der Waals surface area contributed by atoms with Crippen molar-refractivity contribution < 1.29 is 14.4 Å². The zero-order valence-electron chi connectivity index (χ0n) is 14.0. The van der Waals surface area contributed by atoms with Crippen LogP contribution in [0.15, 0.2) is 24.3 Å². The molecule has 2 rings (SSSR count). The Kier molecular flexibility index (Phi) is 4.49. The number of amides is 1. The zero-order valence-corrected chi connectivity index (χ0v) is 14.0. The number of hydrogen-bond donors (Lipinski definition) is 2. The van der Waals surface area contributed by atoms with Crippen molar-refractivity contribution in [2.75, 3.05) is 25.4 Å². The highest BCUT2D eigenvalue weighted by molar-refractivity contribution is 5.58. The summed E-state index contributed by atoms with van der Waals surface area (Å²) in [5.74, 6) is 0. The molecule has 122 valence electrons. The number of rotatable bonds is 2. The number of nitrogens with two attached hydrogens (primary N) is 1. The Bertz CT molecular complexity index is 536. The average molecular weight is 306 g/mol. The molecule has 1 aromatic rings. The normalized spacial score (nSPS) is 26.8. The molecule has 0 aromatic heterocycles. The van der Waals surface area contributed by atoms with Crippen molar-refractivity contribution in [3.05, 3.63) is 29.8 Å². The highest BCUT2D eigenvalue weighted by Gasteiger charge is 2.54. The van der Waals surface area contributed by atoms with E-state index in [1.54, 1.807) is 0 Å². The summed E-state index contributed by atoms with van der Waals surface area (Å²) < 4.78 is 0.130. The van der Waals surface area contributed by atoms with Crippen LogP contribution in [0.5, 0.6) is 0 Å².